The van der Waals surface area contributed by atoms with Crippen LogP contribution in [0.25, 0.3) is 11.5 Å². The van der Waals surface area contributed by atoms with Crippen molar-refractivity contribution in [3.63, 3.8) is 0 Å². The summed E-state index contributed by atoms with van der Waals surface area (Å²) in [4.78, 5) is 33.3. The first-order valence-electron chi connectivity index (χ1n) is 10.2. The Kier molecular flexibility index (Phi) is 6.05. The Balaban J connectivity index is 1.76. The average Bonchev–Trinajstić information content (AvgIpc) is 3.29. The van der Waals surface area contributed by atoms with E-state index in [1.165, 1.54) is 19.1 Å². The Bertz CT molecular complexity index is 1330. The summed E-state index contributed by atoms with van der Waals surface area (Å²) < 4.78 is 63.9. The lowest BCUT2D eigenvalue weighted by Crippen LogP contribution is -2.41. The number of nitrogens with two attached hydrogens (primary N) is 1. The van der Waals surface area contributed by atoms with Gasteiger partial charge in [-0.2, -0.15) is 13.9 Å². The molecule has 3 N–H and O–H groups in total. The number of halogens is 4. The summed E-state index contributed by atoms with van der Waals surface area (Å²) in [5.41, 5.74) is 3.94. The maximum Gasteiger partial charge on any atom is 0.388 e. The fourth-order valence-corrected chi connectivity index (χ4v) is 3.63. The number of hydrogen-bond donors (Lipinski definition) is 2. The van der Waals surface area contributed by atoms with Crippen molar-refractivity contribution < 1.29 is 36.6 Å². The van der Waals surface area contributed by atoms with Crippen LogP contribution in [0.4, 0.5) is 29.2 Å². The number of fused-ring (bicyclic) bond motifs is 1. The van der Waals surface area contributed by atoms with Crippen molar-refractivity contribution in [3.8, 4) is 17.4 Å². The van der Waals surface area contributed by atoms with Gasteiger partial charge < -0.3 is 20.5 Å². The molecule has 0 bridgehead atoms. The summed E-state index contributed by atoms with van der Waals surface area (Å²) in [6.45, 7) is -0.798. The van der Waals surface area contributed by atoms with Crippen LogP contribution in [0.3, 0.4) is 0 Å². The minimum Gasteiger partial charge on any atom is -0.465 e. The standard InChI is InChI=1S/C21H18F4N6O4/c1-3-34-19(33)21(2)13-15(26)27-16(28-17(13)29-18(21)32)11-7-12(35-20(24)25)31(30-11)8-9-5-4-6-10(22)14(9)23/h4-7,20H,3,8H2,1-2H3,(H3,26,27,28,29,32). The molecule has 1 unspecified atom stereocenters. The summed E-state index contributed by atoms with van der Waals surface area (Å²) in [5, 5.41) is 6.51. The van der Waals surface area contributed by atoms with Crippen LogP contribution < -0.4 is 15.8 Å². The minimum atomic E-state index is -3.24. The first-order chi connectivity index (χ1) is 16.6. The number of esters is 1. The number of benzene rings is 1. The van der Waals surface area contributed by atoms with Gasteiger partial charge in [0.05, 0.1) is 18.7 Å². The Morgan fingerprint density at radius 3 is 2.71 bits per heavy atom. The third kappa shape index (κ3) is 4.11. The normalized spacial score (nSPS) is 16.8. The molecule has 4 rings (SSSR count). The number of amides is 1. The Morgan fingerprint density at radius 2 is 2.03 bits per heavy atom. The van der Waals surface area contributed by atoms with Crippen LogP contribution in [0.5, 0.6) is 5.88 Å². The van der Waals surface area contributed by atoms with Crippen molar-refractivity contribution in [1.82, 2.24) is 19.7 Å². The van der Waals surface area contributed by atoms with Crippen LogP contribution in [0.1, 0.15) is 25.0 Å². The predicted octanol–water partition coefficient (Wildman–Crippen LogP) is 2.62. The van der Waals surface area contributed by atoms with Gasteiger partial charge in [-0.15, -0.1) is 0 Å². The second kappa shape index (κ2) is 8.85. The van der Waals surface area contributed by atoms with E-state index in [1.807, 2.05) is 0 Å². The van der Waals surface area contributed by atoms with E-state index < -0.39 is 48.0 Å². The highest BCUT2D eigenvalue weighted by molar-refractivity contribution is 6.19. The van der Waals surface area contributed by atoms with Gasteiger partial charge in [0.2, 0.25) is 11.8 Å². The number of carbonyl (C=O) groups is 2. The molecule has 0 fully saturated rings. The fourth-order valence-electron chi connectivity index (χ4n) is 3.63. The summed E-state index contributed by atoms with van der Waals surface area (Å²) in [7, 11) is 0. The number of hydrogen-bond acceptors (Lipinski definition) is 8. The SMILES string of the molecule is CCOC(=O)C1(C)C(=O)Nc2nc(-c3cc(OC(F)F)n(Cc4cccc(F)c4F)n3)nc(N)c21. The second-order valence-corrected chi connectivity index (χ2v) is 7.57. The maximum atomic E-state index is 14.1. The summed E-state index contributed by atoms with van der Waals surface area (Å²) in [6.07, 6.45) is 0. The zero-order chi connectivity index (χ0) is 25.5. The van der Waals surface area contributed by atoms with E-state index in [0.717, 1.165) is 16.8 Å². The number of nitrogens with zero attached hydrogens (tertiary/aromatic N) is 4. The van der Waals surface area contributed by atoms with Crippen molar-refractivity contribution in [1.29, 1.82) is 0 Å². The van der Waals surface area contributed by atoms with Crippen molar-refractivity contribution in [2.24, 2.45) is 0 Å². The Labute approximate surface area is 195 Å². The lowest BCUT2D eigenvalue weighted by molar-refractivity contribution is -0.152. The van der Waals surface area contributed by atoms with Crippen LogP contribution in [-0.4, -0.2) is 44.8 Å². The number of anilines is 2. The molecule has 14 heteroatoms. The van der Waals surface area contributed by atoms with Gasteiger partial charge in [-0.25, -0.2) is 23.4 Å². The van der Waals surface area contributed by atoms with Gasteiger partial charge in [-0.05, 0) is 19.9 Å². The number of rotatable bonds is 7. The minimum absolute atomic E-state index is 0.00461. The molecule has 1 amide bonds. The maximum absolute atomic E-state index is 14.1. The van der Waals surface area contributed by atoms with Crippen molar-refractivity contribution in [2.45, 2.75) is 32.4 Å². The number of ether oxygens (including phenoxy) is 2. The second-order valence-electron chi connectivity index (χ2n) is 7.57. The van der Waals surface area contributed by atoms with Gasteiger partial charge in [0, 0.05) is 11.6 Å². The van der Waals surface area contributed by atoms with Crippen LogP contribution in [0.2, 0.25) is 0 Å². The molecule has 0 aliphatic carbocycles. The molecule has 35 heavy (non-hydrogen) atoms. The molecule has 3 aromatic rings. The first kappa shape index (κ1) is 23.9. The molecule has 1 aliphatic rings. The third-order valence-corrected chi connectivity index (χ3v) is 5.34. The Hall–Kier alpha value is -4.23. The number of nitrogens with one attached hydrogen (secondary N) is 1. The van der Waals surface area contributed by atoms with Crippen LogP contribution in [0, 0.1) is 11.6 Å². The van der Waals surface area contributed by atoms with Gasteiger partial charge in [0.25, 0.3) is 0 Å². The predicted molar refractivity (Wildman–Crippen MR) is 112 cm³/mol. The molecule has 2 aromatic heterocycles. The molecule has 1 atom stereocenters. The molecule has 1 aliphatic heterocycles. The highest BCUT2D eigenvalue weighted by atomic mass is 19.3. The number of alkyl halides is 2. The highest BCUT2D eigenvalue weighted by Gasteiger charge is 2.53. The van der Waals surface area contributed by atoms with Gasteiger partial charge in [0.15, 0.2) is 22.9 Å². The van der Waals surface area contributed by atoms with Crippen LogP contribution >= 0.6 is 0 Å². The van der Waals surface area contributed by atoms with E-state index in [0.29, 0.717) is 0 Å². The highest BCUT2D eigenvalue weighted by Crippen LogP contribution is 2.41. The van der Waals surface area contributed by atoms with Gasteiger partial charge >= 0.3 is 12.6 Å². The smallest absolute Gasteiger partial charge is 0.388 e. The van der Waals surface area contributed by atoms with E-state index in [-0.39, 0.29) is 40.9 Å². The molecule has 0 radical (unpaired) electrons. The summed E-state index contributed by atoms with van der Waals surface area (Å²) >= 11 is 0. The third-order valence-electron chi connectivity index (χ3n) is 5.34. The monoisotopic (exact) mass is 494 g/mol. The van der Waals surface area contributed by atoms with E-state index >= 15 is 0 Å². The van der Waals surface area contributed by atoms with Gasteiger partial charge in [-0.3, -0.25) is 9.59 Å². The van der Waals surface area contributed by atoms with Gasteiger partial charge in [0.1, 0.15) is 17.3 Å². The van der Waals surface area contributed by atoms with Gasteiger partial charge in [-0.1, -0.05) is 12.1 Å². The van der Waals surface area contributed by atoms with Crippen molar-refractivity contribution >= 4 is 23.5 Å². The molecule has 3 heterocycles. The van der Waals surface area contributed by atoms with E-state index in [9.17, 15) is 27.2 Å². The lowest BCUT2D eigenvalue weighted by atomic mass is 9.84. The molecular formula is C21H18F4N6O4. The molecule has 1 aromatic carbocycles. The van der Waals surface area contributed by atoms with Crippen LogP contribution in [-0.2, 0) is 26.3 Å². The summed E-state index contributed by atoms with van der Waals surface area (Å²) in [6, 6.07) is 4.45. The fraction of sp³-hybridized carbons (Fsp3) is 0.286. The lowest BCUT2D eigenvalue weighted by Gasteiger charge is -2.20. The zero-order valence-corrected chi connectivity index (χ0v) is 18.3. The topological polar surface area (TPSA) is 134 Å². The molecule has 0 saturated carbocycles. The molecular weight excluding hydrogens is 476 g/mol. The largest absolute Gasteiger partial charge is 0.465 e. The molecule has 10 nitrogen and oxygen atoms in total. The van der Waals surface area contributed by atoms with E-state index in [2.05, 4.69) is 25.1 Å². The quantitative estimate of drug-likeness (QED) is 0.291. The van der Waals surface area contributed by atoms with E-state index in [1.54, 1.807) is 6.92 Å². The summed E-state index contributed by atoms with van der Waals surface area (Å²) in [5.74, 6) is -4.91. The molecule has 0 spiro atoms. The van der Waals surface area contributed by atoms with Crippen LogP contribution in [0.15, 0.2) is 24.3 Å². The zero-order valence-electron chi connectivity index (χ0n) is 18.3. The Morgan fingerprint density at radius 1 is 1.29 bits per heavy atom. The van der Waals surface area contributed by atoms with E-state index in [4.69, 9.17) is 10.5 Å². The molecule has 184 valence electrons. The number of aromatic nitrogens is 4. The number of carbonyl (C=O) groups excluding carboxylic acids is 2. The average molecular weight is 494 g/mol. The van der Waals surface area contributed by atoms with Crippen molar-refractivity contribution in [3.05, 3.63) is 47.0 Å². The van der Waals surface area contributed by atoms with Crippen molar-refractivity contribution in [2.75, 3.05) is 17.7 Å². The first-order valence-corrected chi connectivity index (χ1v) is 10.2. The number of nitrogen functional groups attached to an aromatic ring is 1. The molecule has 0 saturated heterocycles.